The SMILES string of the molecule is CC(C)(C)NC(=O)[C@@H](Cc1ccccc1)N(Cc1ccc(Cl)cc1)C(=O)CN(c1ccc(Cl)cc1)S(C)(=O)=O. The van der Waals surface area contributed by atoms with Crippen molar-refractivity contribution in [1.82, 2.24) is 10.2 Å². The van der Waals surface area contributed by atoms with E-state index < -0.39 is 34.1 Å². The molecule has 0 heterocycles. The van der Waals surface area contributed by atoms with Gasteiger partial charge in [-0.2, -0.15) is 0 Å². The summed E-state index contributed by atoms with van der Waals surface area (Å²) in [4.78, 5) is 29.1. The van der Waals surface area contributed by atoms with Crippen molar-refractivity contribution in [3.05, 3.63) is 100 Å². The minimum Gasteiger partial charge on any atom is -0.350 e. The molecule has 0 saturated carbocycles. The summed E-state index contributed by atoms with van der Waals surface area (Å²) in [5, 5.41) is 3.96. The van der Waals surface area contributed by atoms with E-state index in [9.17, 15) is 18.0 Å². The van der Waals surface area contributed by atoms with Crippen LogP contribution in [0.3, 0.4) is 0 Å². The summed E-state index contributed by atoms with van der Waals surface area (Å²) in [6.07, 6.45) is 1.27. The highest BCUT2D eigenvalue weighted by atomic mass is 35.5. The lowest BCUT2D eigenvalue weighted by Crippen LogP contribution is -2.56. The molecule has 0 spiro atoms. The molecule has 0 aromatic heterocycles. The third-order valence-corrected chi connectivity index (χ3v) is 7.47. The zero-order valence-corrected chi connectivity index (χ0v) is 24.7. The van der Waals surface area contributed by atoms with Crippen LogP contribution in [0, 0.1) is 0 Å². The number of carbonyl (C=O) groups excluding carboxylic acids is 2. The summed E-state index contributed by atoms with van der Waals surface area (Å²) in [6, 6.07) is 21.6. The van der Waals surface area contributed by atoms with E-state index in [0.29, 0.717) is 15.7 Å². The average Bonchev–Trinajstić information content (AvgIpc) is 2.85. The van der Waals surface area contributed by atoms with Crippen molar-refractivity contribution in [2.75, 3.05) is 17.1 Å². The monoisotopic (exact) mass is 589 g/mol. The van der Waals surface area contributed by atoms with Crippen LogP contribution in [-0.4, -0.2) is 49.5 Å². The van der Waals surface area contributed by atoms with Crippen LogP contribution in [0.5, 0.6) is 0 Å². The Morgan fingerprint density at radius 2 is 1.38 bits per heavy atom. The number of hydrogen-bond acceptors (Lipinski definition) is 4. The molecular formula is C29H33Cl2N3O4S. The second-order valence-electron chi connectivity index (χ2n) is 10.3. The molecule has 3 aromatic rings. The number of nitrogens with one attached hydrogen (secondary N) is 1. The van der Waals surface area contributed by atoms with E-state index in [1.165, 1.54) is 17.0 Å². The molecule has 0 aliphatic rings. The summed E-state index contributed by atoms with van der Waals surface area (Å²) < 4.78 is 26.6. The van der Waals surface area contributed by atoms with E-state index in [0.717, 1.165) is 21.7 Å². The maximum absolute atomic E-state index is 14.0. The third kappa shape index (κ3) is 9.27. The van der Waals surface area contributed by atoms with Gasteiger partial charge in [-0.1, -0.05) is 65.7 Å². The number of hydrogen-bond donors (Lipinski definition) is 1. The molecule has 0 unspecified atom stereocenters. The quantitative estimate of drug-likeness (QED) is 0.347. The smallest absolute Gasteiger partial charge is 0.244 e. The van der Waals surface area contributed by atoms with Crippen LogP contribution < -0.4 is 9.62 Å². The standard InChI is InChI=1S/C29H33Cl2N3O4S/c1-29(2,3)32-28(36)26(18-21-8-6-5-7-9-21)33(19-22-10-12-23(30)13-11-22)27(35)20-34(39(4,37)38)25-16-14-24(31)15-17-25/h5-17,26H,18-20H2,1-4H3,(H,32,36)/t26-/m1/s1. The molecular weight excluding hydrogens is 557 g/mol. The summed E-state index contributed by atoms with van der Waals surface area (Å²) in [5.74, 6) is -0.874. The van der Waals surface area contributed by atoms with Crippen LogP contribution in [-0.2, 0) is 32.6 Å². The van der Waals surface area contributed by atoms with Crippen LogP contribution in [0.4, 0.5) is 5.69 Å². The third-order valence-electron chi connectivity index (χ3n) is 5.83. The topological polar surface area (TPSA) is 86.8 Å². The zero-order valence-electron chi connectivity index (χ0n) is 22.4. The van der Waals surface area contributed by atoms with Gasteiger partial charge in [0.05, 0.1) is 11.9 Å². The van der Waals surface area contributed by atoms with Gasteiger partial charge in [0.1, 0.15) is 12.6 Å². The Morgan fingerprint density at radius 3 is 1.90 bits per heavy atom. The van der Waals surface area contributed by atoms with Gasteiger partial charge in [0, 0.05) is 28.5 Å². The molecule has 2 amide bonds. The van der Waals surface area contributed by atoms with Gasteiger partial charge in [0.2, 0.25) is 21.8 Å². The van der Waals surface area contributed by atoms with Crippen molar-refractivity contribution < 1.29 is 18.0 Å². The minimum absolute atomic E-state index is 0.0727. The second-order valence-corrected chi connectivity index (χ2v) is 13.1. The Bertz CT molecular complexity index is 1370. The maximum Gasteiger partial charge on any atom is 0.244 e. The van der Waals surface area contributed by atoms with Crippen molar-refractivity contribution in [1.29, 1.82) is 0 Å². The number of benzene rings is 3. The van der Waals surface area contributed by atoms with Gasteiger partial charge < -0.3 is 10.2 Å². The van der Waals surface area contributed by atoms with Gasteiger partial charge in [-0.25, -0.2) is 8.42 Å². The number of rotatable bonds is 10. The van der Waals surface area contributed by atoms with Gasteiger partial charge in [-0.15, -0.1) is 0 Å². The van der Waals surface area contributed by atoms with E-state index in [-0.39, 0.29) is 18.9 Å². The molecule has 10 heteroatoms. The van der Waals surface area contributed by atoms with Crippen LogP contribution in [0.1, 0.15) is 31.9 Å². The lowest BCUT2D eigenvalue weighted by molar-refractivity contribution is -0.140. The largest absolute Gasteiger partial charge is 0.350 e. The predicted molar refractivity (Wildman–Crippen MR) is 157 cm³/mol. The van der Waals surface area contributed by atoms with Crippen LogP contribution in [0.2, 0.25) is 10.0 Å². The molecule has 0 bridgehead atoms. The number of nitrogens with zero attached hydrogens (tertiary/aromatic N) is 2. The van der Waals surface area contributed by atoms with Gasteiger partial charge in [0.15, 0.2) is 0 Å². The Labute approximate surface area is 240 Å². The van der Waals surface area contributed by atoms with Gasteiger partial charge in [0.25, 0.3) is 0 Å². The first-order chi connectivity index (χ1) is 18.2. The Morgan fingerprint density at radius 1 is 0.846 bits per heavy atom. The van der Waals surface area contributed by atoms with E-state index in [1.807, 2.05) is 51.1 Å². The molecule has 3 rings (SSSR count). The predicted octanol–water partition coefficient (Wildman–Crippen LogP) is 5.31. The molecule has 1 atom stereocenters. The van der Waals surface area contributed by atoms with Crippen molar-refractivity contribution in [3.8, 4) is 0 Å². The number of amides is 2. The summed E-state index contributed by atoms with van der Waals surface area (Å²) in [5.41, 5.74) is 1.34. The van der Waals surface area contributed by atoms with Gasteiger partial charge in [-0.05, 0) is 68.3 Å². The Hall–Kier alpha value is -3.07. The van der Waals surface area contributed by atoms with E-state index in [1.54, 1.807) is 36.4 Å². The zero-order chi connectivity index (χ0) is 28.8. The summed E-state index contributed by atoms with van der Waals surface area (Å²) in [7, 11) is -3.85. The van der Waals surface area contributed by atoms with E-state index >= 15 is 0 Å². The lowest BCUT2D eigenvalue weighted by atomic mass is 10.0. The van der Waals surface area contributed by atoms with Crippen LogP contribution in [0.15, 0.2) is 78.9 Å². The van der Waals surface area contributed by atoms with Crippen molar-refractivity contribution in [2.24, 2.45) is 0 Å². The fourth-order valence-electron chi connectivity index (χ4n) is 4.01. The number of carbonyl (C=O) groups is 2. The minimum atomic E-state index is -3.85. The van der Waals surface area contributed by atoms with Crippen LogP contribution >= 0.6 is 23.2 Å². The molecule has 0 aliphatic heterocycles. The molecule has 208 valence electrons. The molecule has 39 heavy (non-hydrogen) atoms. The van der Waals surface area contributed by atoms with E-state index in [2.05, 4.69) is 5.32 Å². The fraction of sp³-hybridized carbons (Fsp3) is 0.310. The lowest BCUT2D eigenvalue weighted by Gasteiger charge is -2.35. The normalized spacial score (nSPS) is 12.5. The molecule has 0 fully saturated rings. The summed E-state index contributed by atoms with van der Waals surface area (Å²) in [6.45, 7) is 5.16. The Balaban J connectivity index is 2.06. The molecule has 3 aromatic carbocycles. The first-order valence-electron chi connectivity index (χ1n) is 12.4. The maximum atomic E-state index is 14.0. The number of sulfonamides is 1. The highest BCUT2D eigenvalue weighted by molar-refractivity contribution is 7.92. The highest BCUT2D eigenvalue weighted by Crippen LogP contribution is 2.23. The first-order valence-corrected chi connectivity index (χ1v) is 15.0. The highest BCUT2D eigenvalue weighted by Gasteiger charge is 2.34. The summed E-state index contributed by atoms with van der Waals surface area (Å²) >= 11 is 12.1. The van der Waals surface area contributed by atoms with Crippen molar-refractivity contribution in [2.45, 2.75) is 45.3 Å². The molecule has 1 N–H and O–H groups in total. The van der Waals surface area contributed by atoms with Crippen molar-refractivity contribution >= 4 is 50.7 Å². The van der Waals surface area contributed by atoms with E-state index in [4.69, 9.17) is 23.2 Å². The van der Waals surface area contributed by atoms with Gasteiger partial charge >= 0.3 is 0 Å². The molecule has 0 aliphatic carbocycles. The van der Waals surface area contributed by atoms with Gasteiger partial charge in [-0.3, -0.25) is 13.9 Å². The second kappa shape index (κ2) is 12.9. The number of anilines is 1. The average molecular weight is 591 g/mol. The first kappa shape index (κ1) is 30.5. The van der Waals surface area contributed by atoms with Crippen LogP contribution in [0.25, 0.3) is 0 Å². The molecule has 0 radical (unpaired) electrons. The molecule has 7 nitrogen and oxygen atoms in total. The number of halogens is 2. The fourth-order valence-corrected chi connectivity index (χ4v) is 5.12. The Kier molecular flexibility index (Phi) is 10.0. The molecule has 0 saturated heterocycles. The van der Waals surface area contributed by atoms with Crippen molar-refractivity contribution in [3.63, 3.8) is 0 Å².